The van der Waals surface area contributed by atoms with E-state index in [2.05, 4.69) is 17.2 Å². The van der Waals surface area contributed by atoms with Gasteiger partial charge in [0.2, 0.25) is 5.95 Å². The Morgan fingerprint density at radius 3 is 2.71 bits per heavy atom. The summed E-state index contributed by atoms with van der Waals surface area (Å²) in [5, 5.41) is 3.72. The monoisotopic (exact) mass is 286 g/mol. The minimum absolute atomic E-state index is 0.0346. The van der Waals surface area contributed by atoms with Crippen LogP contribution in [0.3, 0.4) is 0 Å². The summed E-state index contributed by atoms with van der Waals surface area (Å²) in [5.74, 6) is -0.335. The maximum atomic E-state index is 14.0. The first-order chi connectivity index (χ1) is 10.1. The number of carbonyl (C=O) groups excluding carboxylic acids is 1. The lowest BCUT2D eigenvalue weighted by atomic mass is 9.87. The summed E-state index contributed by atoms with van der Waals surface area (Å²) < 4.78 is 14.0. The average Bonchev–Trinajstić information content (AvgIpc) is 2.49. The number of aromatic nitrogens is 1. The van der Waals surface area contributed by atoms with Gasteiger partial charge in [0.1, 0.15) is 0 Å². The van der Waals surface area contributed by atoms with Crippen LogP contribution in [0.2, 0.25) is 0 Å². The highest BCUT2D eigenvalue weighted by Gasteiger charge is 2.22. The third-order valence-electron chi connectivity index (χ3n) is 4.27. The van der Waals surface area contributed by atoms with Crippen LogP contribution in [0.5, 0.6) is 0 Å². The SMILES string of the molecule is CC1CCC(NC(=O)c2cc3ccccc3nc2F)CC1. The molecule has 110 valence electrons. The van der Waals surface area contributed by atoms with Gasteiger partial charge in [-0.2, -0.15) is 4.39 Å². The molecule has 0 unspecified atom stereocenters. The fraction of sp³-hybridized carbons (Fsp3) is 0.412. The van der Waals surface area contributed by atoms with Crippen molar-refractivity contribution in [2.45, 2.75) is 38.6 Å². The van der Waals surface area contributed by atoms with Gasteiger partial charge in [-0.1, -0.05) is 25.1 Å². The molecular weight excluding hydrogens is 267 g/mol. The van der Waals surface area contributed by atoms with E-state index in [1.807, 2.05) is 12.1 Å². The Labute approximate surface area is 123 Å². The molecule has 21 heavy (non-hydrogen) atoms. The number of carbonyl (C=O) groups is 1. The zero-order valence-corrected chi connectivity index (χ0v) is 12.1. The van der Waals surface area contributed by atoms with Crippen molar-refractivity contribution in [1.82, 2.24) is 10.3 Å². The Hall–Kier alpha value is -1.97. The molecule has 1 aliphatic carbocycles. The van der Waals surface area contributed by atoms with Gasteiger partial charge in [0.25, 0.3) is 5.91 Å². The first-order valence-electron chi connectivity index (χ1n) is 7.49. The quantitative estimate of drug-likeness (QED) is 0.856. The molecule has 1 heterocycles. The number of pyridine rings is 1. The predicted molar refractivity (Wildman–Crippen MR) is 80.6 cm³/mol. The van der Waals surface area contributed by atoms with E-state index in [0.717, 1.165) is 37.0 Å². The Balaban J connectivity index is 1.79. The molecule has 1 saturated carbocycles. The van der Waals surface area contributed by atoms with Crippen LogP contribution in [0.15, 0.2) is 30.3 Å². The molecule has 2 aromatic rings. The second-order valence-electron chi connectivity index (χ2n) is 5.95. The van der Waals surface area contributed by atoms with Crippen LogP contribution >= 0.6 is 0 Å². The van der Waals surface area contributed by atoms with E-state index in [0.29, 0.717) is 5.52 Å². The van der Waals surface area contributed by atoms with Gasteiger partial charge < -0.3 is 5.32 Å². The summed E-state index contributed by atoms with van der Waals surface area (Å²) in [6.45, 7) is 2.23. The number of amides is 1. The Morgan fingerprint density at radius 1 is 1.24 bits per heavy atom. The molecule has 0 spiro atoms. The van der Waals surface area contributed by atoms with E-state index in [4.69, 9.17) is 0 Å². The van der Waals surface area contributed by atoms with Crippen LogP contribution in [-0.4, -0.2) is 16.9 Å². The van der Waals surface area contributed by atoms with E-state index in [-0.39, 0.29) is 17.5 Å². The van der Waals surface area contributed by atoms with Crippen molar-refractivity contribution in [3.8, 4) is 0 Å². The molecule has 3 nitrogen and oxygen atoms in total. The number of halogens is 1. The van der Waals surface area contributed by atoms with Crippen molar-refractivity contribution in [1.29, 1.82) is 0 Å². The Bertz CT molecular complexity index is 663. The van der Waals surface area contributed by atoms with Gasteiger partial charge in [0.15, 0.2) is 0 Å². The lowest BCUT2D eigenvalue weighted by Gasteiger charge is -2.26. The van der Waals surface area contributed by atoms with Crippen LogP contribution in [-0.2, 0) is 0 Å². The highest BCUT2D eigenvalue weighted by Crippen LogP contribution is 2.24. The van der Waals surface area contributed by atoms with Gasteiger partial charge >= 0.3 is 0 Å². The van der Waals surface area contributed by atoms with Crippen molar-refractivity contribution in [3.05, 3.63) is 41.8 Å². The molecule has 0 bridgehead atoms. The van der Waals surface area contributed by atoms with Gasteiger partial charge in [-0.25, -0.2) is 4.98 Å². The lowest BCUT2D eigenvalue weighted by Crippen LogP contribution is -2.37. The molecule has 1 aliphatic rings. The summed E-state index contributed by atoms with van der Waals surface area (Å²) in [6, 6.07) is 8.96. The van der Waals surface area contributed by atoms with Crippen molar-refractivity contribution in [3.63, 3.8) is 0 Å². The van der Waals surface area contributed by atoms with Crippen molar-refractivity contribution in [2.75, 3.05) is 0 Å². The first-order valence-corrected chi connectivity index (χ1v) is 7.49. The molecule has 1 N–H and O–H groups in total. The molecule has 0 radical (unpaired) electrons. The van der Waals surface area contributed by atoms with Gasteiger partial charge in [-0.15, -0.1) is 0 Å². The van der Waals surface area contributed by atoms with E-state index >= 15 is 0 Å². The zero-order valence-electron chi connectivity index (χ0n) is 12.1. The summed E-state index contributed by atoms with van der Waals surface area (Å²) in [7, 11) is 0. The van der Waals surface area contributed by atoms with Crippen molar-refractivity contribution >= 4 is 16.8 Å². The van der Waals surface area contributed by atoms with Crippen LogP contribution in [0.4, 0.5) is 4.39 Å². The van der Waals surface area contributed by atoms with Crippen LogP contribution < -0.4 is 5.32 Å². The molecule has 0 aliphatic heterocycles. The molecular formula is C17H19FN2O. The summed E-state index contributed by atoms with van der Waals surface area (Å²) >= 11 is 0. The molecule has 0 atom stereocenters. The fourth-order valence-corrected chi connectivity index (χ4v) is 2.92. The summed E-state index contributed by atoms with van der Waals surface area (Å²) in [5.41, 5.74) is 0.602. The van der Waals surface area contributed by atoms with Gasteiger partial charge in [0, 0.05) is 11.4 Å². The molecule has 1 fully saturated rings. The highest BCUT2D eigenvalue weighted by molar-refractivity contribution is 5.97. The fourth-order valence-electron chi connectivity index (χ4n) is 2.92. The van der Waals surface area contributed by atoms with Gasteiger partial charge in [-0.05, 0) is 43.7 Å². The third-order valence-corrected chi connectivity index (χ3v) is 4.27. The summed E-state index contributed by atoms with van der Waals surface area (Å²) in [6.07, 6.45) is 4.16. The van der Waals surface area contributed by atoms with E-state index in [1.165, 1.54) is 0 Å². The average molecular weight is 286 g/mol. The lowest BCUT2D eigenvalue weighted by molar-refractivity contribution is 0.0918. The minimum atomic E-state index is -0.699. The van der Waals surface area contributed by atoms with Crippen LogP contribution in [0.1, 0.15) is 43.0 Å². The van der Waals surface area contributed by atoms with Crippen molar-refractivity contribution < 1.29 is 9.18 Å². The number of hydrogen-bond donors (Lipinski definition) is 1. The van der Waals surface area contributed by atoms with Crippen molar-refractivity contribution in [2.24, 2.45) is 5.92 Å². The number of benzene rings is 1. The van der Waals surface area contributed by atoms with E-state index in [1.54, 1.807) is 18.2 Å². The largest absolute Gasteiger partial charge is 0.349 e. The third kappa shape index (κ3) is 3.04. The maximum absolute atomic E-state index is 14.0. The first kappa shape index (κ1) is 14.0. The number of para-hydroxylation sites is 1. The topological polar surface area (TPSA) is 42.0 Å². The molecule has 0 saturated heterocycles. The Morgan fingerprint density at radius 2 is 1.95 bits per heavy atom. The normalized spacial score (nSPS) is 22.2. The van der Waals surface area contributed by atoms with Crippen LogP contribution in [0.25, 0.3) is 10.9 Å². The molecule has 3 rings (SSSR count). The van der Waals surface area contributed by atoms with E-state index in [9.17, 15) is 9.18 Å². The maximum Gasteiger partial charge on any atom is 0.256 e. The predicted octanol–water partition coefficient (Wildman–Crippen LogP) is 3.68. The van der Waals surface area contributed by atoms with Gasteiger partial charge in [-0.3, -0.25) is 4.79 Å². The number of nitrogens with one attached hydrogen (secondary N) is 1. The summed E-state index contributed by atoms with van der Waals surface area (Å²) in [4.78, 5) is 16.1. The zero-order chi connectivity index (χ0) is 14.8. The highest BCUT2D eigenvalue weighted by atomic mass is 19.1. The van der Waals surface area contributed by atoms with Gasteiger partial charge in [0.05, 0.1) is 11.1 Å². The molecule has 1 amide bonds. The minimum Gasteiger partial charge on any atom is -0.349 e. The number of fused-ring (bicyclic) bond motifs is 1. The number of rotatable bonds is 2. The van der Waals surface area contributed by atoms with E-state index < -0.39 is 5.95 Å². The van der Waals surface area contributed by atoms with Crippen LogP contribution in [0, 0.1) is 11.9 Å². The smallest absolute Gasteiger partial charge is 0.256 e. The second kappa shape index (κ2) is 5.80. The standard InChI is InChI=1S/C17H19FN2O/c1-11-6-8-13(9-7-11)19-17(21)14-10-12-4-2-3-5-15(12)20-16(14)18/h2-5,10-11,13H,6-9H2,1H3,(H,19,21). The molecule has 1 aromatic heterocycles. The number of nitrogens with zero attached hydrogens (tertiary/aromatic N) is 1. The second-order valence-corrected chi connectivity index (χ2v) is 5.95. The molecule has 1 aromatic carbocycles. The Kier molecular flexibility index (Phi) is 3.86. The number of hydrogen-bond acceptors (Lipinski definition) is 2. The molecule has 4 heteroatoms.